The maximum atomic E-state index is 11.5. The maximum Gasteiger partial charge on any atom is 0.329 e. The molecule has 12 heteroatoms. The van der Waals surface area contributed by atoms with Gasteiger partial charge in [-0.2, -0.15) is 4.98 Å². The first-order valence-electron chi connectivity index (χ1n) is 7.11. The van der Waals surface area contributed by atoms with Crippen LogP contribution in [0.2, 0.25) is 5.02 Å². The van der Waals surface area contributed by atoms with Gasteiger partial charge in [0, 0.05) is 10.7 Å². The van der Waals surface area contributed by atoms with Gasteiger partial charge in [0.05, 0.1) is 11.5 Å². The largest absolute Gasteiger partial charge is 0.480 e. The van der Waals surface area contributed by atoms with Gasteiger partial charge >= 0.3 is 11.7 Å². The molecular formula is C14H13ClN6O5. The van der Waals surface area contributed by atoms with Crippen molar-refractivity contribution in [2.45, 2.75) is 0 Å². The number of amides is 1. The van der Waals surface area contributed by atoms with E-state index in [4.69, 9.17) is 16.7 Å². The molecule has 0 unspecified atom stereocenters. The summed E-state index contributed by atoms with van der Waals surface area (Å²) in [6.07, 6.45) is 0.989. The third-order valence-electron chi connectivity index (χ3n) is 2.92. The van der Waals surface area contributed by atoms with E-state index in [1.54, 1.807) is 24.3 Å². The minimum Gasteiger partial charge on any atom is -0.480 e. The molecule has 11 nitrogen and oxygen atoms in total. The molecule has 1 aromatic heterocycles. The van der Waals surface area contributed by atoms with Crippen LogP contribution in [0.1, 0.15) is 0 Å². The fourth-order valence-electron chi connectivity index (χ4n) is 1.76. The number of nitro groups is 1. The SMILES string of the molecule is O=C(O)CNC(=O)CNc1nc(Nc2ccc(Cl)cc2)ncc1[N+](=O)[O-]. The normalized spacial score (nSPS) is 10.0. The van der Waals surface area contributed by atoms with Crippen LogP contribution in [-0.4, -0.2) is 45.0 Å². The number of aliphatic carboxylic acids is 1. The first-order chi connectivity index (χ1) is 12.3. The maximum absolute atomic E-state index is 11.5. The van der Waals surface area contributed by atoms with Crippen molar-refractivity contribution in [1.82, 2.24) is 15.3 Å². The van der Waals surface area contributed by atoms with E-state index in [-0.39, 0.29) is 11.8 Å². The lowest BCUT2D eigenvalue weighted by molar-refractivity contribution is -0.384. The highest BCUT2D eigenvalue weighted by Crippen LogP contribution is 2.23. The molecule has 0 aliphatic carbocycles. The van der Waals surface area contributed by atoms with Crippen molar-refractivity contribution in [3.63, 3.8) is 0 Å². The molecule has 1 aromatic carbocycles. The molecule has 136 valence electrons. The van der Waals surface area contributed by atoms with Crippen LogP contribution in [0.5, 0.6) is 0 Å². The Morgan fingerprint density at radius 1 is 1.23 bits per heavy atom. The average Bonchev–Trinajstić information content (AvgIpc) is 2.60. The van der Waals surface area contributed by atoms with Gasteiger partial charge in [0.15, 0.2) is 0 Å². The van der Waals surface area contributed by atoms with E-state index in [2.05, 4.69) is 25.9 Å². The number of carboxylic acid groups (broad SMARTS) is 1. The Balaban J connectivity index is 2.12. The summed E-state index contributed by atoms with van der Waals surface area (Å²) < 4.78 is 0. The smallest absolute Gasteiger partial charge is 0.329 e. The lowest BCUT2D eigenvalue weighted by Crippen LogP contribution is -2.34. The van der Waals surface area contributed by atoms with Gasteiger partial charge in [-0.25, -0.2) is 4.98 Å². The van der Waals surface area contributed by atoms with Crippen LogP contribution in [0.25, 0.3) is 0 Å². The van der Waals surface area contributed by atoms with E-state index in [0.29, 0.717) is 10.7 Å². The lowest BCUT2D eigenvalue weighted by atomic mass is 10.3. The standard InChI is InChI=1S/C14H13ClN6O5/c15-8-1-3-9(4-2-8)19-14-18-5-10(21(25)26)13(20-14)17-6-11(22)16-7-12(23)24/h1-5H,6-7H2,(H,16,22)(H,23,24)(H2,17,18,19,20). The van der Waals surface area contributed by atoms with Crippen LogP contribution in [0, 0.1) is 10.1 Å². The molecule has 26 heavy (non-hydrogen) atoms. The number of benzene rings is 1. The molecule has 4 N–H and O–H groups in total. The van der Waals surface area contributed by atoms with Gasteiger partial charge in [0.1, 0.15) is 12.7 Å². The summed E-state index contributed by atoms with van der Waals surface area (Å²) >= 11 is 5.79. The number of carboxylic acids is 1. The number of anilines is 3. The second-order valence-electron chi connectivity index (χ2n) is 4.84. The highest BCUT2D eigenvalue weighted by atomic mass is 35.5. The summed E-state index contributed by atoms with van der Waals surface area (Å²) in [6, 6.07) is 6.61. The highest BCUT2D eigenvalue weighted by molar-refractivity contribution is 6.30. The Hall–Kier alpha value is -3.47. The van der Waals surface area contributed by atoms with Crippen LogP contribution in [-0.2, 0) is 9.59 Å². The Morgan fingerprint density at radius 3 is 2.54 bits per heavy atom. The van der Waals surface area contributed by atoms with Crippen molar-refractivity contribution in [3.05, 3.63) is 45.6 Å². The second-order valence-corrected chi connectivity index (χ2v) is 5.28. The summed E-state index contributed by atoms with van der Waals surface area (Å²) in [7, 11) is 0. The van der Waals surface area contributed by atoms with Crippen molar-refractivity contribution in [2.75, 3.05) is 23.7 Å². The zero-order chi connectivity index (χ0) is 19.1. The summed E-state index contributed by atoms with van der Waals surface area (Å²) in [6.45, 7) is -0.957. The predicted molar refractivity (Wildman–Crippen MR) is 92.6 cm³/mol. The third-order valence-corrected chi connectivity index (χ3v) is 3.17. The van der Waals surface area contributed by atoms with Crippen molar-refractivity contribution < 1.29 is 19.6 Å². The zero-order valence-corrected chi connectivity index (χ0v) is 13.9. The fourth-order valence-corrected chi connectivity index (χ4v) is 1.89. The van der Waals surface area contributed by atoms with Crippen molar-refractivity contribution in [2.24, 2.45) is 0 Å². The van der Waals surface area contributed by atoms with E-state index >= 15 is 0 Å². The summed E-state index contributed by atoms with van der Waals surface area (Å²) in [5, 5.41) is 27.6. The van der Waals surface area contributed by atoms with E-state index in [1.807, 2.05) is 0 Å². The van der Waals surface area contributed by atoms with Crippen molar-refractivity contribution in [3.8, 4) is 0 Å². The Morgan fingerprint density at radius 2 is 1.92 bits per heavy atom. The van der Waals surface area contributed by atoms with Gasteiger partial charge in [-0.1, -0.05) is 11.6 Å². The molecule has 0 aliphatic heterocycles. The molecular weight excluding hydrogens is 368 g/mol. The number of rotatable bonds is 8. The topological polar surface area (TPSA) is 159 Å². The molecule has 2 rings (SSSR count). The number of nitrogens with zero attached hydrogens (tertiary/aromatic N) is 3. The Kier molecular flexibility index (Phi) is 6.22. The third kappa shape index (κ3) is 5.56. The minimum atomic E-state index is -1.21. The monoisotopic (exact) mass is 380 g/mol. The van der Waals surface area contributed by atoms with E-state index in [9.17, 15) is 19.7 Å². The molecule has 2 aromatic rings. The molecule has 0 atom stereocenters. The first kappa shape index (κ1) is 18.9. The van der Waals surface area contributed by atoms with Crippen molar-refractivity contribution in [1.29, 1.82) is 0 Å². The number of hydrogen-bond donors (Lipinski definition) is 4. The van der Waals surface area contributed by atoms with Gasteiger partial charge in [-0.05, 0) is 24.3 Å². The van der Waals surface area contributed by atoms with Gasteiger partial charge in [-0.3, -0.25) is 19.7 Å². The number of nitrogens with one attached hydrogen (secondary N) is 3. The van der Waals surface area contributed by atoms with Crippen LogP contribution < -0.4 is 16.0 Å². The summed E-state index contributed by atoms with van der Waals surface area (Å²) in [4.78, 5) is 40.1. The highest BCUT2D eigenvalue weighted by Gasteiger charge is 2.18. The van der Waals surface area contributed by atoms with E-state index in [1.165, 1.54) is 0 Å². The number of hydrogen-bond acceptors (Lipinski definition) is 8. The van der Waals surface area contributed by atoms with E-state index in [0.717, 1.165) is 6.20 Å². The average molecular weight is 381 g/mol. The summed E-state index contributed by atoms with van der Waals surface area (Å²) in [5.74, 6) is -1.99. The molecule has 1 heterocycles. The first-order valence-corrected chi connectivity index (χ1v) is 7.49. The molecule has 0 fully saturated rings. The minimum absolute atomic E-state index is 0.0615. The number of carbonyl (C=O) groups excluding carboxylic acids is 1. The van der Waals surface area contributed by atoms with Crippen LogP contribution in [0.15, 0.2) is 30.5 Å². The number of carbonyl (C=O) groups is 2. The molecule has 0 bridgehead atoms. The Bertz CT molecular complexity index is 829. The second kappa shape index (κ2) is 8.58. The van der Waals surface area contributed by atoms with Gasteiger partial charge in [-0.15, -0.1) is 0 Å². The van der Waals surface area contributed by atoms with Crippen LogP contribution in [0.4, 0.5) is 23.1 Å². The summed E-state index contributed by atoms with van der Waals surface area (Å²) in [5.41, 5.74) is 0.172. The quantitative estimate of drug-likeness (QED) is 0.392. The lowest BCUT2D eigenvalue weighted by Gasteiger charge is -2.09. The molecule has 0 spiro atoms. The molecule has 0 radical (unpaired) electrons. The molecule has 0 saturated carbocycles. The molecule has 1 amide bonds. The van der Waals surface area contributed by atoms with Crippen molar-refractivity contribution >= 4 is 46.6 Å². The fraction of sp³-hybridized carbons (Fsp3) is 0.143. The zero-order valence-electron chi connectivity index (χ0n) is 13.1. The van der Waals surface area contributed by atoms with Crippen LogP contribution >= 0.6 is 11.6 Å². The van der Waals surface area contributed by atoms with E-state index < -0.39 is 35.6 Å². The molecule has 0 aliphatic rings. The Labute approximate surface area is 151 Å². The predicted octanol–water partition coefficient (Wildman–Crippen LogP) is 1.39. The van der Waals surface area contributed by atoms with Gasteiger partial charge < -0.3 is 21.1 Å². The number of halogens is 1. The van der Waals surface area contributed by atoms with Gasteiger partial charge in [0.25, 0.3) is 0 Å². The van der Waals surface area contributed by atoms with Gasteiger partial charge in [0.2, 0.25) is 17.7 Å². The van der Waals surface area contributed by atoms with Crippen LogP contribution in [0.3, 0.4) is 0 Å². The molecule has 0 saturated heterocycles. The number of aromatic nitrogens is 2.